The quantitative estimate of drug-likeness (QED) is 0.329. The SMILES string of the molecule is CC[C@H](C)[C@H](NC(=O)CC[C@@H](C)[C@H]1CC[C@H]2[C@@H]3[C@H](O)[C@@H](O)[C@@H]4C[C@H](O)CC[C@]4(C)[C@H]3CC[C@]12C)C(=O)O. The van der Waals surface area contributed by atoms with Crippen molar-refractivity contribution in [3.63, 3.8) is 0 Å². The van der Waals surface area contributed by atoms with E-state index in [1.54, 1.807) is 0 Å². The van der Waals surface area contributed by atoms with Crippen molar-refractivity contribution in [3.05, 3.63) is 0 Å². The molecule has 4 rings (SSSR count). The Morgan fingerprint density at radius 3 is 2.22 bits per heavy atom. The number of carbonyl (C=O) groups is 2. The molecule has 4 aliphatic carbocycles. The van der Waals surface area contributed by atoms with Gasteiger partial charge in [-0.2, -0.15) is 0 Å². The number of hydrogen-bond acceptors (Lipinski definition) is 5. The number of fused-ring (bicyclic) bond motifs is 5. The topological polar surface area (TPSA) is 127 Å². The number of aliphatic hydroxyl groups is 3. The van der Waals surface area contributed by atoms with E-state index in [1.807, 2.05) is 13.8 Å². The maximum atomic E-state index is 12.7. The summed E-state index contributed by atoms with van der Waals surface area (Å²) in [7, 11) is 0. The molecule has 0 unspecified atom stereocenters. The smallest absolute Gasteiger partial charge is 0.326 e. The van der Waals surface area contributed by atoms with Crippen molar-refractivity contribution in [2.75, 3.05) is 0 Å². The number of carbonyl (C=O) groups excluding carboxylic acids is 1. The lowest BCUT2D eigenvalue weighted by Crippen LogP contribution is -2.64. The summed E-state index contributed by atoms with van der Waals surface area (Å²) in [4.78, 5) is 24.3. The first kappa shape index (κ1) is 28.8. The number of hydrogen-bond donors (Lipinski definition) is 5. The van der Waals surface area contributed by atoms with Gasteiger partial charge in [-0.3, -0.25) is 4.79 Å². The average Bonchev–Trinajstić information content (AvgIpc) is 3.21. The fourth-order valence-corrected chi connectivity index (χ4v) is 9.70. The number of carboxylic acids is 1. The molecule has 13 atom stereocenters. The van der Waals surface area contributed by atoms with Gasteiger partial charge in [-0.05, 0) is 104 Å². The third kappa shape index (κ3) is 4.98. The van der Waals surface area contributed by atoms with Crippen LogP contribution in [0, 0.1) is 52.3 Å². The number of amides is 1. The van der Waals surface area contributed by atoms with E-state index in [0.717, 1.165) is 44.9 Å². The van der Waals surface area contributed by atoms with Crippen LogP contribution in [0.5, 0.6) is 0 Å². The van der Waals surface area contributed by atoms with E-state index in [1.165, 1.54) is 0 Å². The van der Waals surface area contributed by atoms with Gasteiger partial charge in [0.1, 0.15) is 6.04 Å². The van der Waals surface area contributed by atoms with Gasteiger partial charge in [-0.1, -0.05) is 41.0 Å². The number of nitrogens with one attached hydrogen (secondary N) is 1. The van der Waals surface area contributed by atoms with Crippen molar-refractivity contribution in [2.24, 2.45) is 52.3 Å². The second-order valence-corrected chi connectivity index (χ2v) is 13.8. The van der Waals surface area contributed by atoms with Crippen molar-refractivity contribution < 1.29 is 30.0 Å². The molecule has 7 heteroatoms. The maximum absolute atomic E-state index is 12.7. The van der Waals surface area contributed by atoms with Crippen molar-refractivity contribution in [3.8, 4) is 0 Å². The average molecular weight is 522 g/mol. The first-order chi connectivity index (χ1) is 17.3. The number of aliphatic carboxylic acids is 1. The predicted octanol–water partition coefficient (Wildman–Crippen LogP) is 3.98. The highest BCUT2D eigenvalue weighted by Gasteiger charge is 2.65. The van der Waals surface area contributed by atoms with E-state index in [9.17, 15) is 30.0 Å². The van der Waals surface area contributed by atoms with E-state index >= 15 is 0 Å². The fourth-order valence-electron chi connectivity index (χ4n) is 9.70. The minimum absolute atomic E-state index is 0.0397. The van der Waals surface area contributed by atoms with Gasteiger partial charge in [-0.25, -0.2) is 4.79 Å². The highest BCUT2D eigenvalue weighted by Crippen LogP contribution is 2.68. The van der Waals surface area contributed by atoms with Crippen LogP contribution in [0.2, 0.25) is 0 Å². The molecule has 4 fully saturated rings. The van der Waals surface area contributed by atoms with Crippen molar-refractivity contribution in [2.45, 2.75) is 123 Å². The minimum atomic E-state index is -0.977. The van der Waals surface area contributed by atoms with E-state index in [4.69, 9.17) is 0 Å². The molecule has 0 aromatic rings. The fraction of sp³-hybridized carbons (Fsp3) is 0.933. The van der Waals surface area contributed by atoms with Crippen LogP contribution in [0.15, 0.2) is 0 Å². The molecule has 0 aromatic heterocycles. The molecular weight excluding hydrogens is 470 g/mol. The third-order valence-corrected chi connectivity index (χ3v) is 12.1. The summed E-state index contributed by atoms with van der Waals surface area (Å²) in [5.74, 6) is 0.243. The molecule has 0 aliphatic heterocycles. The summed E-state index contributed by atoms with van der Waals surface area (Å²) >= 11 is 0. The Morgan fingerprint density at radius 2 is 1.57 bits per heavy atom. The van der Waals surface area contributed by atoms with E-state index in [2.05, 4.69) is 26.1 Å². The lowest BCUT2D eigenvalue weighted by molar-refractivity contribution is -0.223. The lowest BCUT2D eigenvalue weighted by Gasteiger charge is -2.63. The molecule has 5 N–H and O–H groups in total. The summed E-state index contributed by atoms with van der Waals surface area (Å²) in [6, 6.07) is -0.846. The Kier molecular flexibility index (Phi) is 8.39. The van der Waals surface area contributed by atoms with E-state index < -0.39 is 24.2 Å². The van der Waals surface area contributed by atoms with Crippen LogP contribution in [0.3, 0.4) is 0 Å². The third-order valence-electron chi connectivity index (χ3n) is 12.1. The van der Waals surface area contributed by atoms with Gasteiger partial charge in [0, 0.05) is 6.42 Å². The molecule has 0 bridgehead atoms. The van der Waals surface area contributed by atoms with Crippen LogP contribution in [0.4, 0.5) is 0 Å². The normalized spacial score (nSPS) is 45.6. The van der Waals surface area contributed by atoms with Crippen LogP contribution in [0.1, 0.15) is 98.8 Å². The van der Waals surface area contributed by atoms with Gasteiger partial charge in [0.05, 0.1) is 18.3 Å². The zero-order valence-corrected chi connectivity index (χ0v) is 23.5. The van der Waals surface area contributed by atoms with Gasteiger partial charge >= 0.3 is 5.97 Å². The first-order valence-electron chi connectivity index (χ1n) is 14.9. The highest BCUT2D eigenvalue weighted by atomic mass is 16.4. The summed E-state index contributed by atoms with van der Waals surface area (Å²) in [6.07, 6.45) is 6.38. The second-order valence-electron chi connectivity index (χ2n) is 13.8. The largest absolute Gasteiger partial charge is 0.480 e. The molecule has 0 spiro atoms. The van der Waals surface area contributed by atoms with Crippen LogP contribution < -0.4 is 5.32 Å². The van der Waals surface area contributed by atoms with Gasteiger partial charge < -0.3 is 25.7 Å². The van der Waals surface area contributed by atoms with Gasteiger partial charge in [-0.15, -0.1) is 0 Å². The first-order valence-corrected chi connectivity index (χ1v) is 14.9. The van der Waals surface area contributed by atoms with Gasteiger partial charge in [0.15, 0.2) is 0 Å². The summed E-state index contributed by atoms with van der Waals surface area (Å²) in [6.45, 7) is 10.7. The molecule has 4 saturated carbocycles. The zero-order valence-electron chi connectivity index (χ0n) is 23.5. The predicted molar refractivity (Wildman–Crippen MR) is 141 cm³/mol. The standard InChI is InChI=1S/C30H51NO6/c1-6-16(2)25(28(36)37)31-23(33)10-7-17(3)19-8-9-20-24-21(12-14-29(19,20)4)30(5)13-11-18(32)15-22(30)26(34)27(24)35/h16-22,24-27,32,34-35H,6-15H2,1-5H3,(H,31,33)(H,36,37)/t16-,17+,18+,19+,20-,21-,22-,24-,25-,26-,27-,29+,30+/m0/s1. The molecule has 1 amide bonds. The summed E-state index contributed by atoms with van der Waals surface area (Å²) < 4.78 is 0. The number of carboxylic acid groups (broad SMARTS) is 1. The Balaban J connectivity index is 1.43. The molecule has 0 aromatic carbocycles. The van der Waals surface area contributed by atoms with Crippen molar-refractivity contribution in [1.29, 1.82) is 0 Å². The summed E-state index contributed by atoms with van der Waals surface area (Å²) in [5.41, 5.74) is 0.0252. The molecule has 37 heavy (non-hydrogen) atoms. The Hall–Kier alpha value is -1.18. The Morgan fingerprint density at radius 1 is 0.919 bits per heavy atom. The Labute approximate surface area is 222 Å². The van der Waals surface area contributed by atoms with E-state index in [0.29, 0.717) is 42.9 Å². The molecule has 0 heterocycles. The lowest BCUT2D eigenvalue weighted by atomic mass is 9.43. The number of aliphatic hydroxyl groups excluding tert-OH is 3. The van der Waals surface area contributed by atoms with Crippen LogP contribution in [-0.4, -0.2) is 56.7 Å². The molecule has 4 aliphatic rings. The maximum Gasteiger partial charge on any atom is 0.326 e. The monoisotopic (exact) mass is 521 g/mol. The molecule has 7 nitrogen and oxygen atoms in total. The highest BCUT2D eigenvalue weighted by molar-refractivity contribution is 5.83. The molecular formula is C30H51NO6. The van der Waals surface area contributed by atoms with Crippen LogP contribution in [-0.2, 0) is 9.59 Å². The second kappa shape index (κ2) is 10.8. The van der Waals surface area contributed by atoms with Crippen molar-refractivity contribution >= 4 is 11.9 Å². The van der Waals surface area contributed by atoms with Gasteiger partial charge in [0.25, 0.3) is 0 Å². The molecule has 212 valence electrons. The van der Waals surface area contributed by atoms with E-state index in [-0.39, 0.29) is 40.6 Å². The van der Waals surface area contributed by atoms with Gasteiger partial charge in [0.2, 0.25) is 5.91 Å². The van der Waals surface area contributed by atoms with Crippen LogP contribution >= 0.6 is 0 Å². The Bertz CT molecular complexity index is 850. The van der Waals surface area contributed by atoms with Crippen LogP contribution in [0.25, 0.3) is 0 Å². The number of rotatable bonds is 8. The minimum Gasteiger partial charge on any atom is -0.480 e. The zero-order chi connectivity index (χ0) is 27.3. The van der Waals surface area contributed by atoms with Crippen molar-refractivity contribution in [1.82, 2.24) is 5.32 Å². The molecule has 0 radical (unpaired) electrons. The molecule has 0 saturated heterocycles. The summed E-state index contributed by atoms with van der Waals surface area (Å²) in [5, 5.41) is 45.2.